The van der Waals surface area contributed by atoms with E-state index in [1.165, 1.54) is 6.42 Å². The van der Waals surface area contributed by atoms with Crippen molar-refractivity contribution in [3.63, 3.8) is 0 Å². The van der Waals surface area contributed by atoms with Crippen molar-refractivity contribution in [1.29, 1.82) is 0 Å². The second-order valence-electron chi connectivity index (χ2n) is 5.45. The first-order valence-electron chi connectivity index (χ1n) is 6.15. The van der Waals surface area contributed by atoms with E-state index in [1.807, 2.05) is 25.8 Å². The maximum atomic E-state index is 11.5. The largest absolute Gasteiger partial charge is 0.443 e. The first kappa shape index (κ1) is 13.3. The summed E-state index contributed by atoms with van der Waals surface area (Å²) < 4.78 is 5.20. The Morgan fingerprint density at radius 3 is 2.38 bits per heavy atom. The number of piperidine rings is 1. The molecule has 0 aromatic carbocycles. The third-order valence-corrected chi connectivity index (χ3v) is 2.84. The van der Waals surface area contributed by atoms with E-state index in [0.717, 1.165) is 31.8 Å². The molecular weight excluding hydrogens is 204 g/mol. The van der Waals surface area contributed by atoms with Crippen molar-refractivity contribution in [2.45, 2.75) is 52.6 Å². The number of carbonyl (C=O) groups excluding carboxylic acids is 1. The molecule has 0 bridgehead atoms. The molecule has 0 radical (unpaired) electrons. The van der Waals surface area contributed by atoms with Gasteiger partial charge in [0.1, 0.15) is 5.60 Å². The van der Waals surface area contributed by atoms with Crippen LogP contribution in [0.15, 0.2) is 0 Å². The summed E-state index contributed by atoms with van der Waals surface area (Å²) in [6.07, 6.45) is 3.21. The van der Waals surface area contributed by atoms with Gasteiger partial charge in [-0.05, 0) is 39.5 Å². The highest BCUT2D eigenvalue weighted by atomic mass is 16.6. The summed E-state index contributed by atoms with van der Waals surface area (Å²) in [7, 11) is 0. The molecule has 4 heteroatoms. The Bertz CT molecular complexity index is 228. The van der Waals surface area contributed by atoms with E-state index in [9.17, 15) is 4.79 Å². The average Bonchev–Trinajstić information content (AvgIpc) is 2.16. The quantitative estimate of drug-likeness (QED) is 0.789. The number of hydrogen-bond donors (Lipinski definition) is 1. The van der Waals surface area contributed by atoms with Gasteiger partial charge in [-0.3, -0.25) is 5.43 Å². The summed E-state index contributed by atoms with van der Waals surface area (Å²) in [5, 5.41) is 1.96. The Morgan fingerprint density at radius 1 is 1.38 bits per heavy atom. The molecule has 1 amide bonds. The van der Waals surface area contributed by atoms with Gasteiger partial charge < -0.3 is 4.74 Å². The van der Waals surface area contributed by atoms with Crippen LogP contribution in [-0.4, -0.2) is 29.8 Å². The molecule has 0 aromatic rings. The van der Waals surface area contributed by atoms with Gasteiger partial charge in [-0.2, -0.15) is 0 Å². The predicted molar refractivity (Wildman–Crippen MR) is 64.0 cm³/mol. The lowest BCUT2D eigenvalue weighted by Gasteiger charge is -2.32. The topological polar surface area (TPSA) is 41.6 Å². The monoisotopic (exact) mass is 228 g/mol. The van der Waals surface area contributed by atoms with Crippen molar-refractivity contribution in [3.05, 3.63) is 0 Å². The van der Waals surface area contributed by atoms with E-state index in [1.54, 1.807) is 0 Å². The molecule has 0 aliphatic carbocycles. The smallest absolute Gasteiger partial charge is 0.422 e. The van der Waals surface area contributed by atoms with Crippen LogP contribution in [0.25, 0.3) is 0 Å². The van der Waals surface area contributed by atoms with Crippen molar-refractivity contribution < 1.29 is 9.53 Å². The first-order chi connectivity index (χ1) is 7.40. The van der Waals surface area contributed by atoms with Gasteiger partial charge in [0.2, 0.25) is 0 Å². The van der Waals surface area contributed by atoms with E-state index in [2.05, 4.69) is 12.3 Å². The fraction of sp³-hybridized carbons (Fsp3) is 0.917. The standard InChI is InChI=1S/C12H24N2O2/c1-5-10-6-8-14(9-7-10)13-11(15)16-12(2,3)4/h10H,5-9H2,1-4H3,(H,13,15). The molecular formula is C12H24N2O2. The molecule has 0 saturated carbocycles. The molecule has 1 saturated heterocycles. The third-order valence-electron chi connectivity index (χ3n) is 2.84. The second-order valence-corrected chi connectivity index (χ2v) is 5.45. The van der Waals surface area contributed by atoms with Crippen LogP contribution < -0.4 is 5.43 Å². The summed E-state index contributed by atoms with van der Waals surface area (Å²) in [6, 6.07) is 0. The Labute approximate surface area is 98.3 Å². The summed E-state index contributed by atoms with van der Waals surface area (Å²) in [5.41, 5.74) is 2.37. The third kappa shape index (κ3) is 4.84. The zero-order chi connectivity index (χ0) is 12.2. The van der Waals surface area contributed by atoms with E-state index < -0.39 is 5.60 Å². The maximum Gasteiger partial charge on any atom is 0.422 e. The highest BCUT2D eigenvalue weighted by Gasteiger charge is 2.21. The van der Waals surface area contributed by atoms with Crippen LogP contribution in [0.1, 0.15) is 47.0 Å². The zero-order valence-electron chi connectivity index (χ0n) is 10.9. The lowest BCUT2D eigenvalue weighted by molar-refractivity contribution is 0.0264. The first-order valence-corrected chi connectivity index (χ1v) is 6.15. The number of ether oxygens (including phenoxy) is 1. The van der Waals surface area contributed by atoms with Crippen molar-refractivity contribution in [2.24, 2.45) is 5.92 Å². The molecule has 1 fully saturated rings. The van der Waals surface area contributed by atoms with Crippen LogP contribution in [0.2, 0.25) is 0 Å². The van der Waals surface area contributed by atoms with Gasteiger partial charge in [0.15, 0.2) is 0 Å². The minimum absolute atomic E-state index is 0.345. The molecule has 0 unspecified atom stereocenters. The fourth-order valence-electron chi connectivity index (χ4n) is 1.88. The lowest BCUT2D eigenvalue weighted by atomic mass is 9.95. The molecule has 1 aliphatic rings. The molecule has 1 heterocycles. The SMILES string of the molecule is CCC1CCN(NC(=O)OC(C)(C)C)CC1. The van der Waals surface area contributed by atoms with Crippen LogP contribution in [0.5, 0.6) is 0 Å². The number of hydrazine groups is 1. The number of hydrogen-bond acceptors (Lipinski definition) is 3. The van der Waals surface area contributed by atoms with E-state index in [4.69, 9.17) is 4.74 Å². The van der Waals surface area contributed by atoms with Gasteiger partial charge in [-0.25, -0.2) is 9.80 Å². The average molecular weight is 228 g/mol. The normalized spacial score (nSPS) is 19.5. The molecule has 0 atom stereocenters. The van der Waals surface area contributed by atoms with Gasteiger partial charge in [-0.1, -0.05) is 13.3 Å². The maximum absolute atomic E-state index is 11.5. The van der Waals surface area contributed by atoms with Gasteiger partial charge in [0, 0.05) is 13.1 Å². The molecule has 1 aliphatic heterocycles. The van der Waals surface area contributed by atoms with Crippen molar-refractivity contribution in [1.82, 2.24) is 10.4 Å². The number of amides is 1. The Balaban J connectivity index is 2.26. The second kappa shape index (κ2) is 5.53. The van der Waals surface area contributed by atoms with Crippen molar-refractivity contribution in [2.75, 3.05) is 13.1 Å². The number of nitrogens with zero attached hydrogens (tertiary/aromatic N) is 1. The zero-order valence-corrected chi connectivity index (χ0v) is 10.9. The van der Waals surface area contributed by atoms with E-state index in [-0.39, 0.29) is 6.09 Å². The minimum Gasteiger partial charge on any atom is -0.443 e. The summed E-state index contributed by atoms with van der Waals surface area (Å²) in [6.45, 7) is 9.69. The molecule has 1 rings (SSSR count). The number of carbonyl (C=O) groups is 1. The van der Waals surface area contributed by atoms with Crippen LogP contribution in [0.4, 0.5) is 4.79 Å². The van der Waals surface area contributed by atoms with Crippen molar-refractivity contribution in [3.8, 4) is 0 Å². The van der Waals surface area contributed by atoms with Crippen LogP contribution in [0, 0.1) is 5.92 Å². The van der Waals surface area contributed by atoms with Crippen molar-refractivity contribution >= 4 is 6.09 Å². The van der Waals surface area contributed by atoms with Gasteiger partial charge >= 0.3 is 6.09 Å². The fourth-order valence-corrected chi connectivity index (χ4v) is 1.88. The van der Waals surface area contributed by atoms with Gasteiger partial charge in [0.05, 0.1) is 0 Å². The van der Waals surface area contributed by atoms with Crippen LogP contribution in [0.3, 0.4) is 0 Å². The highest BCUT2D eigenvalue weighted by molar-refractivity contribution is 5.67. The summed E-state index contributed by atoms with van der Waals surface area (Å²) in [4.78, 5) is 11.5. The molecule has 16 heavy (non-hydrogen) atoms. The Kier molecular flexibility index (Phi) is 4.59. The highest BCUT2D eigenvalue weighted by Crippen LogP contribution is 2.18. The van der Waals surface area contributed by atoms with Crippen LogP contribution in [-0.2, 0) is 4.74 Å². The molecule has 0 aromatic heterocycles. The lowest BCUT2D eigenvalue weighted by Crippen LogP contribution is -2.48. The summed E-state index contributed by atoms with van der Waals surface area (Å²) in [5.74, 6) is 0.816. The van der Waals surface area contributed by atoms with E-state index in [0.29, 0.717) is 0 Å². The molecule has 4 nitrogen and oxygen atoms in total. The Hall–Kier alpha value is -0.770. The molecule has 0 spiro atoms. The van der Waals surface area contributed by atoms with Gasteiger partial charge in [-0.15, -0.1) is 0 Å². The number of rotatable bonds is 2. The predicted octanol–water partition coefficient (Wildman–Crippen LogP) is 2.55. The molecule has 94 valence electrons. The van der Waals surface area contributed by atoms with E-state index >= 15 is 0 Å². The van der Waals surface area contributed by atoms with Gasteiger partial charge in [0.25, 0.3) is 0 Å². The summed E-state index contributed by atoms with van der Waals surface area (Å²) >= 11 is 0. The Morgan fingerprint density at radius 2 is 1.94 bits per heavy atom. The van der Waals surface area contributed by atoms with Crippen LogP contribution >= 0.6 is 0 Å². The minimum atomic E-state index is -0.425. The number of nitrogens with one attached hydrogen (secondary N) is 1. The molecule has 1 N–H and O–H groups in total.